The van der Waals surface area contributed by atoms with Crippen LogP contribution >= 0.6 is 11.8 Å². The molecule has 1 N–H and O–H groups in total. The smallest absolute Gasteiger partial charge is 0.205 e. The monoisotopic (exact) mass is 279 g/mol. The molecule has 0 unspecified atom stereocenters. The fourth-order valence-corrected chi connectivity index (χ4v) is 3.04. The van der Waals surface area contributed by atoms with Crippen LogP contribution in [0.3, 0.4) is 0 Å². The zero-order valence-electron chi connectivity index (χ0n) is 9.93. The molecule has 0 atom stereocenters. The number of hydrogen-bond acceptors (Lipinski definition) is 6. The molecule has 0 aliphatic carbocycles. The second kappa shape index (κ2) is 4.37. The molecule has 0 bridgehead atoms. The number of nitriles is 2. The largest absolute Gasteiger partial charge is 0.348 e. The van der Waals surface area contributed by atoms with Crippen molar-refractivity contribution in [3.05, 3.63) is 55.1 Å². The lowest BCUT2D eigenvalue weighted by atomic mass is 10.1. The second-order valence-corrected chi connectivity index (χ2v) is 5.11. The summed E-state index contributed by atoms with van der Waals surface area (Å²) in [6.07, 6.45) is 0. The Morgan fingerprint density at radius 2 is 1.75 bits per heavy atom. The molecule has 0 saturated heterocycles. The summed E-state index contributed by atoms with van der Waals surface area (Å²) in [4.78, 5) is 24.9. The summed E-state index contributed by atoms with van der Waals surface area (Å²) >= 11 is 1.29. The zero-order valence-corrected chi connectivity index (χ0v) is 10.7. The van der Waals surface area contributed by atoms with Gasteiger partial charge in [-0.2, -0.15) is 10.5 Å². The van der Waals surface area contributed by atoms with E-state index in [9.17, 15) is 9.59 Å². The Bertz CT molecular complexity index is 940. The van der Waals surface area contributed by atoms with E-state index < -0.39 is 16.4 Å². The molecule has 0 aromatic heterocycles. The van der Waals surface area contributed by atoms with Crippen LogP contribution in [0.5, 0.6) is 0 Å². The lowest BCUT2D eigenvalue weighted by molar-refractivity contribution is 1.25. The number of benzene rings is 1. The molecule has 2 aromatic rings. The van der Waals surface area contributed by atoms with Gasteiger partial charge in [0, 0.05) is 4.90 Å². The summed E-state index contributed by atoms with van der Waals surface area (Å²) in [5, 5.41) is 20.6. The normalized spacial score (nSPS) is 12.4. The Labute approximate surface area is 116 Å². The molecule has 6 heteroatoms. The zero-order chi connectivity index (χ0) is 14.3. The molecule has 2 aromatic carbocycles. The van der Waals surface area contributed by atoms with Gasteiger partial charge in [0.2, 0.25) is 10.9 Å². The molecule has 5 nitrogen and oxygen atoms in total. The van der Waals surface area contributed by atoms with E-state index in [1.807, 2.05) is 24.3 Å². The number of nitrogens with one attached hydrogen (secondary N) is 1. The molecular weight excluding hydrogens is 274 g/mol. The van der Waals surface area contributed by atoms with Gasteiger partial charge in [0.15, 0.2) is 0 Å². The number of thioether (sulfide) groups is 1. The van der Waals surface area contributed by atoms with Crippen LogP contribution in [0.2, 0.25) is 0 Å². The minimum Gasteiger partial charge on any atom is -0.348 e. The maximum absolute atomic E-state index is 12.0. The third-order valence-corrected chi connectivity index (χ3v) is 4.04. The maximum atomic E-state index is 12.0. The van der Waals surface area contributed by atoms with Crippen LogP contribution in [0.1, 0.15) is 0 Å². The average molecular weight is 279 g/mol. The maximum Gasteiger partial charge on any atom is 0.205 e. The van der Waals surface area contributed by atoms with E-state index in [1.54, 1.807) is 12.1 Å². The van der Waals surface area contributed by atoms with Gasteiger partial charge in [-0.05, 0) is 12.1 Å². The lowest BCUT2D eigenvalue weighted by Crippen LogP contribution is -2.66. The van der Waals surface area contributed by atoms with Crippen molar-refractivity contribution in [1.29, 1.82) is 10.5 Å². The summed E-state index contributed by atoms with van der Waals surface area (Å²) in [6, 6.07) is 10.6. The molecule has 1 aliphatic heterocycles. The van der Waals surface area contributed by atoms with Crippen molar-refractivity contribution >= 4 is 28.1 Å². The van der Waals surface area contributed by atoms with E-state index in [-0.39, 0.29) is 10.4 Å². The van der Waals surface area contributed by atoms with Gasteiger partial charge in [0.05, 0.1) is 15.9 Å². The van der Waals surface area contributed by atoms with E-state index in [1.165, 1.54) is 11.8 Å². The Kier molecular flexibility index (Phi) is 2.67. The Morgan fingerprint density at radius 3 is 2.35 bits per heavy atom. The van der Waals surface area contributed by atoms with E-state index >= 15 is 0 Å². The number of rotatable bonds is 0. The first-order valence-corrected chi connectivity index (χ1v) is 6.41. The van der Waals surface area contributed by atoms with Crippen molar-refractivity contribution < 1.29 is 0 Å². The van der Waals surface area contributed by atoms with Gasteiger partial charge < -0.3 is 5.32 Å². The summed E-state index contributed by atoms with van der Waals surface area (Å²) in [5.74, 6) is 0. The van der Waals surface area contributed by atoms with Crippen LogP contribution in [0.4, 0.5) is 5.69 Å². The van der Waals surface area contributed by atoms with Gasteiger partial charge in [-0.1, -0.05) is 23.9 Å². The minimum atomic E-state index is -0.545. The van der Waals surface area contributed by atoms with Crippen LogP contribution < -0.4 is 26.6 Å². The standard InChI is InChI=1S/C14H5N3O2S/c15-5-7(6-16)10-12(18)11(13(10)19)14-17-8-3-1-2-4-9(8)20-14/h1-4,17H. The van der Waals surface area contributed by atoms with Crippen molar-refractivity contribution in [2.75, 3.05) is 5.32 Å². The summed E-state index contributed by atoms with van der Waals surface area (Å²) in [6.45, 7) is 0. The number of nitrogens with zero attached hydrogens (tertiary/aromatic N) is 2. The number of hydrogen-bond donors (Lipinski definition) is 1. The molecule has 0 saturated carbocycles. The van der Waals surface area contributed by atoms with Crippen molar-refractivity contribution in [2.24, 2.45) is 0 Å². The highest BCUT2D eigenvalue weighted by atomic mass is 32.2. The van der Waals surface area contributed by atoms with Gasteiger partial charge >= 0.3 is 0 Å². The molecule has 94 valence electrons. The van der Waals surface area contributed by atoms with Crippen LogP contribution in [0.15, 0.2) is 38.8 Å². The van der Waals surface area contributed by atoms with Gasteiger partial charge in [-0.25, -0.2) is 0 Å². The predicted molar refractivity (Wildman–Crippen MR) is 74.6 cm³/mol. The second-order valence-electron chi connectivity index (χ2n) is 4.06. The first kappa shape index (κ1) is 12.2. The number of anilines is 1. The Balaban J connectivity index is 2.26. The van der Waals surface area contributed by atoms with Crippen LogP contribution in [-0.4, -0.2) is 0 Å². The first-order chi connectivity index (χ1) is 9.67. The molecule has 0 amide bonds. The Hall–Kier alpha value is -2.83. The first-order valence-electron chi connectivity index (χ1n) is 5.59. The van der Waals surface area contributed by atoms with Crippen LogP contribution in [0.25, 0.3) is 10.6 Å². The summed E-state index contributed by atoms with van der Waals surface area (Å²) < 4.78 is 0. The molecule has 1 heterocycles. The fraction of sp³-hybridized carbons (Fsp3) is 0. The van der Waals surface area contributed by atoms with Gasteiger partial charge in [0.25, 0.3) is 0 Å². The van der Waals surface area contributed by atoms with Crippen LogP contribution in [0, 0.1) is 22.7 Å². The third kappa shape index (κ3) is 1.56. The van der Waals surface area contributed by atoms with E-state index in [0.717, 1.165) is 10.6 Å². The highest BCUT2D eigenvalue weighted by Gasteiger charge is 2.22. The fourth-order valence-electron chi connectivity index (χ4n) is 1.99. The SMILES string of the molecule is N#CC(C#N)=c1c(=O)c(=C2Nc3ccccc3S2)c1=O. The van der Waals surface area contributed by atoms with Gasteiger partial charge in [0.1, 0.15) is 22.9 Å². The van der Waals surface area contributed by atoms with Crippen molar-refractivity contribution in [3.8, 4) is 12.1 Å². The summed E-state index contributed by atoms with van der Waals surface area (Å²) in [5.41, 5.74) is -0.685. The number of para-hydroxylation sites is 1. The van der Waals surface area contributed by atoms with E-state index in [2.05, 4.69) is 5.32 Å². The molecule has 1 aliphatic rings. The topological polar surface area (TPSA) is 93.8 Å². The minimum absolute atomic E-state index is 0.0178. The Morgan fingerprint density at radius 1 is 1.10 bits per heavy atom. The molecule has 0 fully saturated rings. The van der Waals surface area contributed by atoms with E-state index in [0.29, 0.717) is 5.03 Å². The molecular formula is C14H5N3O2S. The van der Waals surface area contributed by atoms with Crippen molar-refractivity contribution in [1.82, 2.24) is 0 Å². The quantitative estimate of drug-likeness (QED) is 0.715. The molecule has 20 heavy (non-hydrogen) atoms. The molecule has 0 spiro atoms. The highest BCUT2D eigenvalue weighted by molar-refractivity contribution is 8.08. The van der Waals surface area contributed by atoms with Crippen molar-refractivity contribution in [3.63, 3.8) is 0 Å². The summed E-state index contributed by atoms with van der Waals surface area (Å²) in [7, 11) is 0. The average Bonchev–Trinajstić information content (AvgIpc) is 2.87. The van der Waals surface area contributed by atoms with Crippen LogP contribution in [-0.2, 0) is 0 Å². The molecule has 0 radical (unpaired) electrons. The van der Waals surface area contributed by atoms with Gasteiger partial charge in [-0.3, -0.25) is 9.59 Å². The lowest BCUT2D eigenvalue weighted by Gasteiger charge is -1.99. The third-order valence-electron chi connectivity index (χ3n) is 2.96. The predicted octanol–water partition coefficient (Wildman–Crippen LogP) is -0.236. The van der Waals surface area contributed by atoms with Gasteiger partial charge in [-0.15, -0.1) is 0 Å². The van der Waals surface area contributed by atoms with E-state index in [4.69, 9.17) is 10.5 Å². The van der Waals surface area contributed by atoms with Crippen molar-refractivity contribution in [2.45, 2.75) is 4.90 Å². The highest BCUT2D eigenvalue weighted by Crippen LogP contribution is 2.40. The molecule has 3 rings (SSSR count). The number of fused-ring (bicyclic) bond motifs is 1.